The topological polar surface area (TPSA) is 0 Å². The van der Waals surface area contributed by atoms with Gasteiger partial charge in [-0.1, -0.05) is 28.1 Å². The van der Waals surface area contributed by atoms with E-state index in [1.807, 2.05) is 0 Å². The maximum atomic E-state index is 13.1. The molecule has 18 heavy (non-hydrogen) atoms. The first-order valence-corrected chi connectivity index (χ1v) is 6.26. The van der Waals surface area contributed by atoms with E-state index in [1.54, 1.807) is 24.3 Å². The molecule has 2 aromatic carbocycles. The van der Waals surface area contributed by atoms with Crippen molar-refractivity contribution in [3.63, 3.8) is 0 Å². The molecule has 1 unspecified atom stereocenters. The minimum Gasteiger partial charge on any atom is -0.204 e. The van der Waals surface area contributed by atoms with Crippen molar-refractivity contribution in [2.24, 2.45) is 0 Å². The van der Waals surface area contributed by atoms with Crippen LogP contribution in [0.15, 0.2) is 40.9 Å². The molecule has 0 radical (unpaired) electrons. The Morgan fingerprint density at radius 2 is 1.39 bits per heavy atom. The van der Waals surface area contributed by atoms with E-state index in [0.29, 0.717) is 5.56 Å². The van der Waals surface area contributed by atoms with E-state index < -0.39 is 22.8 Å². The van der Waals surface area contributed by atoms with Gasteiger partial charge in [-0.3, -0.25) is 0 Å². The van der Waals surface area contributed by atoms with Gasteiger partial charge in [0.05, 0.1) is 5.38 Å². The Balaban J connectivity index is 2.39. The van der Waals surface area contributed by atoms with Crippen LogP contribution in [0.5, 0.6) is 0 Å². The molecule has 2 rings (SSSR count). The molecule has 2 aromatic rings. The molecule has 0 aliphatic heterocycles. The average molecular weight is 336 g/mol. The second-order valence-electron chi connectivity index (χ2n) is 3.71. The number of hydrogen-bond acceptors (Lipinski definition) is 0. The maximum absolute atomic E-state index is 13.1. The fourth-order valence-corrected chi connectivity index (χ4v) is 2.08. The van der Waals surface area contributed by atoms with Crippen molar-refractivity contribution in [2.45, 2.75) is 5.38 Å². The fourth-order valence-electron chi connectivity index (χ4n) is 1.55. The molecular formula is C13H7BrClF3. The molecule has 0 nitrogen and oxygen atoms in total. The number of hydrogen-bond donors (Lipinski definition) is 0. The number of benzene rings is 2. The average Bonchev–Trinajstić information content (AvgIpc) is 2.35. The van der Waals surface area contributed by atoms with Crippen molar-refractivity contribution >= 4 is 27.5 Å². The van der Waals surface area contributed by atoms with Gasteiger partial charge in [-0.15, -0.1) is 11.6 Å². The van der Waals surface area contributed by atoms with Gasteiger partial charge in [0.2, 0.25) is 0 Å². The molecule has 0 aliphatic rings. The largest absolute Gasteiger partial charge is 0.204 e. The summed E-state index contributed by atoms with van der Waals surface area (Å²) >= 11 is 9.38. The van der Waals surface area contributed by atoms with Crippen LogP contribution < -0.4 is 0 Å². The zero-order valence-electron chi connectivity index (χ0n) is 8.93. The Hall–Kier alpha value is -1.00. The van der Waals surface area contributed by atoms with Crippen molar-refractivity contribution in [1.82, 2.24) is 0 Å². The van der Waals surface area contributed by atoms with E-state index >= 15 is 0 Å². The zero-order chi connectivity index (χ0) is 13.3. The third-order valence-electron chi connectivity index (χ3n) is 2.46. The summed E-state index contributed by atoms with van der Waals surface area (Å²) in [7, 11) is 0. The van der Waals surface area contributed by atoms with E-state index in [9.17, 15) is 13.2 Å². The van der Waals surface area contributed by atoms with Gasteiger partial charge in [-0.05, 0) is 35.4 Å². The summed E-state index contributed by atoms with van der Waals surface area (Å²) in [6.45, 7) is 0. The Morgan fingerprint density at radius 1 is 0.889 bits per heavy atom. The first kappa shape index (κ1) is 13.4. The highest BCUT2D eigenvalue weighted by molar-refractivity contribution is 9.10. The lowest BCUT2D eigenvalue weighted by molar-refractivity contribution is 0.445. The molecular weight excluding hydrogens is 328 g/mol. The van der Waals surface area contributed by atoms with Gasteiger partial charge < -0.3 is 0 Å². The van der Waals surface area contributed by atoms with Gasteiger partial charge in [-0.25, -0.2) is 13.2 Å². The van der Waals surface area contributed by atoms with Crippen LogP contribution in [0.3, 0.4) is 0 Å². The summed E-state index contributed by atoms with van der Waals surface area (Å²) in [6.07, 6.45) is 0. The maximum Gasteiger partial charge on any atom is 0.194 e. The molecule has 5 heteroatoms. The Bertz CT molecular complexity index is 546. The van der Waals surface area contributed by atoms with Crippen LogP contribution in [0.2, 0.25) is 0 Å². The normalized spacial score (nSPS) is 12.5. The van der Waals surface area contributed by atoms with Crippen molar-refractivity contribution in [2.75, 3.05) is 0 Å². The van der Waals surface area contributed by atoms with E-state index in [4.69, 9.17) is 11.6 Å². The standard InChI is InChI=1S/C13H7BrClF3/c14-9-3-1-7(2-4-9)12(15)8-5-10(16)13(18)11(17)6-8/h1-6,12H. The molecule has 0 spiro atoms. The van der Waals surface area contributed by atoms with E-state index in [1.165, 1.54) is 0 Å². The van der Waals surface area contributed by atoms with E-state index in [0.717, 1.165) is 16.6 Å². The van der Waals surface area contributed by atoms with Gasteiger partial charge in [0.25, 0.3) is 0 Å². The molecule has 0 saturated carbocycles. The van der Waals surface area contributed by atoms with Crippen molar-refractivity contribution < 1.29 is 13.2 Å². The predicted molar refractivity (Wildman–Crippen MR) is 68.2 cm³/mol. The monoisotopic (exact) mass is 334 g/mol. The van der Waals surface area contributed by atoms with Gasteiger partial charge >= 0.3 is 0 Å². The minimum absolute atomic E-state index is 0.176. The van der Waals surface area contributed by atoms with Crippen LogP contribution >= 0.6 is 27.5 Å². The van der Waals surface area contributed by atoms with Crippen molar-refractivity contribution in [1.29, 1.82) is 0 Å². The molecule has 0 fully saturated rings. The van der Waals surface area contributed by atoms with Crippen LogP contribution in [0.25, 0.3) is 0 Å². The Labute approximate surface area is 116 Å². The summed E-state index contributed by atoms with van der Waals surface area (Å²) in [4.78, 5) is 0. The molecule has 0 amide bonds. The van der Waals surface area contributed by atoms with Crippen LogP contribution in [0.4, 0.5) is 13.2 Å². The minimum atomic E-state index is -1.49. The highest BCUT2D eigenvalue weighted by Crippen LogP contribution is 2.31. The molecule has 0 aromatic heterocycles. The molecule has 1 atom stereocenters. The zero-order valence-corrected chi connectivity index (χ0v) is 11.3. The van der Waals surface area contributed by atoms with Crippen LogP contribution in [-0.4, -0.2) is 0 Å². The van der Waals surface area contributed by atoms with Gasteiger partial charge in [0, 0.05) is 4.47 Å². The third kappa shape index (κ3) is 2.70. The van der Waals surface area contributed by atoms with Gasteiger partial charge in [0.15, 0.2) is 17.5 Å². The summed E-state index contributed by atoms with van der Waals surface area (Å²) in [6, 6.07) is 8.78. The third-order valence-corrected chi connectivity index (χ3v) is 3.49. The lowest BCUT2D eigenvalue weighted by Gasteiger charge is -2.11. The van der Waals surface area contributed by atoms with Crippen LogP contribution in [0.1, 0.15) is 16.5 Å². The lowest BCUT2D eigenvalue weighted by atomic mass is 10.0. The summed E-state index contributed by atoms with van der Waals surface area (Å²) < 4.78 is 39.9. The van der Waals surface area contributed by atoms with Gasteiger partial charge in [0.1, 0.15) is 0 Å². The van der Waals surface area contributed by atoms with Crippen molar-refractivity contribution in [3.05, 3.63) is 69.4 Å². The Morgan fingerprint density at radius 3 is 1.89 bits per heavy atom. The molecule has 94 valence electrons. The lowest BCUT2D eigenvalue weighted by Crippen LogP contribution is -1.98. The summed E-state index contributed by atoms with van der Waals surface area (Å²) in [5.74, 6) is -3.97. The first-order valence-electron chi connectivity index (χ1n) is 5.03. The molecule has 0 heterocycles. The van der Waals surface area contributed by atoms with Gasteiger partial charge in [-0.2, -0.15) is 0 Å². The van der Waals surface area contributed by atoms with E-state index in [2.05, 4.69) is 15.9 Å². The highest BCUT2D eigenvalue weighted by Gasteiger charge is 2.17. The summed E-state index contributed by atoms with van der Waals surface area (Å²) in [5, 5.41) is -0.734. The second kappa shape index (κ2) is 5.33. The molecule has 0 saturated heterocycles. The highest BCUT2D eigenvalue weighted by atomic mass is 79.9. The number of rotatable bonds is 2. The van der Waals surface area contributed by atoms with E-state index in [-0.39, 0.29) is 5.56 Å². The second-order valence-corrected chi connectivity index (χ2v) is 5.06. The molecule has 0 aliphatic carbocycles. The quantitative estimate of drug-likeness (QED) is 0.523. The predicted octanol–water partition coefficient (Wildman–Crippen LogP) is 5.19. The van der Waals surface area contributed by atoms with Crippen molar-refractivity contribution in [3.8, 4) is 0 Å². The smallest absolute Gasteiger partial charge is 0.194 e. The van der Waals surface area contributed by atoms with Crippen LogP contribution in [-0.2, 0) is 0 Å². The number of halogens is 5. The summed E-state index contributed by atoms with van der Waals surface area (Å²) in [5.41, 5.74) is 0.848. The van der Waals surface area contributed by atoms with Crippen LogP contribution in [0, 0.1) is 17.5 Å². The molecule has 0 N–H and O–H groups in total. The number of alkyl halides is 1. The Kier molecular flexibility index (Phi) is 3.97. The molecule has 0 bridgehead atoms. The first-order chi connectivity index (χ1) is 8.49. The SMILES string of the molecule is Fc1cc(C(Cl)c2ccc(Br)cc2)cc(F)c1F. The fraction of sp³-hybridized carbons (Fsp3) is 0.0769.